The van der Waals surface area contributed by atoms with Crippen LogP contribution in [0.4, 0.5) is 28.7 Å². The molecule has 0 aliphatic rings. The fraction of sp³-hybridized carbons (Fsp3) is 0.148. The lowest BCUT2D eigenvalue weighted by molar-refractivity contribution is -0.384. The summed E-state index contributed by atoms with van der Waals surface area (Å²) in [6, 6.07) is 8.38. The molecule has 5 rings (SSSR count). The van der Waals surface area contributed by atoms with Gasteiger partial charge in [0.1, 0.15) is 33.5 Å². The fourth-order valence-corrected chi connectivity index (χ4v) is 6.04. The number of fused-ring (bicyclic) bond motifs is 2. The normalized spacial score (nSPS) is 12.2. The third-order valence-electron chi connectivity index (χ3n) is 6.61. The molecule has 0 spiro atoms. The van der Waals surface area contributed by atoms with Gasteiger partial charge in [0.2, 0.25) is 11.2 Å². The van der Waals surface area contributed by atoms with Crippen molar-refractivity contribution in [3.05, 3.63) is 63.9 Å². The number of rotatable bonds is 12. The minimum Gasteiger partial charge on any atom is -0.506 e. The van der Waals surface area contributed by atoms with Crippen molar-refractivity contribution in [2.24, 2.45) is 10.2 Å². The molecular formula is C27H22ClN7O12S2. The highest BCUT2D eigenvalue weighted by molar-refractivity contribution is 7.86. The third kappa shape index (κ3) is 7.72. The van der Waals surface area contributed by atoms with Crippen molar-refractivity contribution in [2.45, 2.75) is 16.7 Å². The molecule has 0 bridgehead atoms. The van der Waals surface area contributed by atoms with Gasteiger partial charge in [-0.2, -0.15) is 31.8 Å². The van der Waals surface area contributed by atoms with E-state index in [1.807, 2.05) is 6.92 Å². The van der Waals surface area contributed by atoms with Crippen LogP contribution in [0.2, 0.25) is 5.28 Å². The van der Waals surface area contributed by atoms with Crippen LogP contribution in [0.1, 0.15) is 6.92 Å². The highest BCUT2D eigenvalue weighted by Gasteiger charge is 2.25. The second kappa shape index (κ2) is 13.7. The van der Waals surface area contributed by atoms with Gasteiger partial charge in [-0.05, 0) is 54.2 Å². The number of phenols is 2. The number of nitrogens with zero attached hydrogens (tertiary/aromatic N) is 6. The van der Waals surface area contributed by atoms with Gasteiger partial charge in [0.05, 0.1) is 11.5 Å². The highest BCUT2D eigenvalue weighted by Crippen LogP contribution is 2.45. The first-order chi connectivity index (χ1) is 23.1. The van der Waals surface area contributed by atoms with Gasteiger partial charge in [-0.25, -0.2) is 0 Å². The van der Waals surface area contributed by atoms with E-state index in [1.54, 1.807) is 0 Å². The van der Waals surface area contributed by atoms with E-state index in [-0.39, 0.29) is 52.3 Å². The van der Waals surface area contributed by atoms with Crippen LogP contribution in [-0.2, 0) is 25.0 Å². The van der Waals surface area contributed by atoms with E-state index in [1.165, 1.54) is 18.2 Å². The number of nitro groups is 1. The summed E-state index contributed by atoms with van der Waals surface area (Å²) >= 11 is 5.98. The van der Waals surface area contributed by atoms with E-state index < -0.39 is 68.9 Å². The lowest BCUT2D eigenvalue weighted by atomic mass is 10.1. The molecule has 0 amide bonds. The van der Waals surface area contributed by atoms with E-state index in [0.717, 1.165) is 24.3 Å². The van der Waals surface area contributed by atoms with Crippen molar-refractivity contribution < 1.29 is 50.6 Å². The van der Waals surface area contributed by atoms with Crippen molar-refractivity contribution in [2.75, 3.05) is 25.1 Å². The standard InChI is InChI=1S/C27H22ClN7O12S2/c1-2-46-7-8-47-27-31-25(28)30-26(32-27)29-14-3-5-16-13(9-14)10-21(49(43,44)45)23(24(16)37)34-33-22-17-6-4-15(35(38)39)11-18(17)20(12-19(22)36)48(40,41)42/h3-6,9-12,36-37H,2,7-8H2,1H3,(H,40,41,42)(H,43,44,45)(H,29,30,31,32). The molecule has 0 radical (unpaired) electrons. The molecule has 5 aromatic rings. The summed E-state index contributed by atoms with van der Waals surface area (Å²) in [7, 11) is -10.1. The first kappa shape index (κ1) is 35.0. The lowest BCUT2D eigenvalue weighted by Gasteiger charge is -2.12. The number of ether oxygens (including phenoxy) is 2. The topological polar surface area (TPSA) is 286 Å². The number of aromatic hydroxyl groups is 2. The van der Waals surface area contributed by atoms with Crippen LogP contribution in [-0.4, -0.2) is 75.9 Å². The summed E-state index contributed by atoms with van der Waals surface area (Å²) in [5.74, 6) is -1.71. The smallest absolute Gasteiger partial charge is 0.322 e. The summed E-state index contributed by atoms with van der Waals surface area (Å²) in [5, 5.41) is 42.6. The Morgan fingerprint density at radius 3 is 2.24 bits per heavy atom. The Kier molecular flexibility index (Phi) is 9.76. The molecule has 1 aromatic heterocycles. The van der Waals surface area contributed by atoms with Crippen LogP contribution >= 0.6 is 11.6 Å². The van der Waals surface area contributed by atoms with Gasteiger partial charge in [-0.1, -0.05) is 0 Å². The third-order valence-corrected chi connectivity index (χ3v) is 8.54. The van der Waals surface area contributed by atoms with E-state index in [2.05, 4.69) is 30.5 Å². The number of hydrogen-bond acceptors (Lipinski definition) is 16. The molecule has 0 saturated heterocycles. The predicted molar refractivity (Wildman–Crippen MR) is 172 cm³/mol. The summed E-state index contributed by atoms with van der Waals surface area (Å²) < 4.78 is 79.1. The molecule has 0 saturated carbocycles. The lowest BCUT2D eigenvalue weighted by Crippen LogP contribution is -2.10. The van der Waals surface area contributed by atoms with Crippen molar-refractivity contribution >= 4 is 82.1 Å². The SMILES string of the molecule is CCOCCOc1nc(Cl)nc(Nc2ccc3c(O)c(N=Nc4c(O)cc(S(=O)(=O)O)c5cc([N+](=O)[O-])ccc45)c(S(=O)(=O)O)cc3c2)n1. The number of non-ortho nitro benzene ring substituents is 1. The Labute approximate surface area is 280 Å². The van der Waals surface area contributed by atoms with Crippen molar-refractivity contribution in [3.63, 3.8) is 0 Å². The molecule has 19 nitrogen and oxygen atoms in total. The maximum absolute atomic E-state index is 12.4. The van der Waals surface area contributed by atoms with Crippen LogP contribution in [0.15, 0.2) is 68.6 Å². The number of phenolic OH excluding ortho intramolecular Hbond substituents is 2. The first-order valence-electron chi connectivity index (χ1n) is 13.6. The van der Waals surface area contributed by atoms with Gasteiger partial charge in [-0.3, -0.25) is 19.2 Å². The van der Waals surface area contributed by atoms with Crippen molar-refractivity contribution in [3.8, 4) is 17.5 Å². The Hall–Kier alpha value is -5.32. The van der Waals surface area contributed by atoms with Gasteiger partial charge in [0, 0.05) is 46.7 Å². The molecule has 0 atom stereocenters. The summed E-state index contributed by atoms with van der Waals surface area (Å²) in [5.41, 5.74) is -1.59. The monoisotopic (exact) mass is 735 g/mol. The van der Waals surface area contributed by atoms with Gasteiger partial charge in [0.15, 0.2) is 5.75 Å². The fourth-order valence-electron chi connectivity index (χ4n) is 4.52. The van der Waals surface area contributed by atoms with Crippen LogP contribution in [0.25, 0.3) is 21.5 Å². The largest absolute Gasteiger partial charge is 0.506 e. The molecule has 0 unspecified atom stereocenters. The van der Waals surface area contributed by atoms with Crippen molar-refractivity contribution in [1.29, 1.82) is 0 Å². The molecule has 4 aromatic carbocycles. The average molecular weight is 736 g/mol. The van der Waals surface area contributed by atoms with E-state index >= 15 is 0 Å². The molecule has 1 heterocycles. The molecule has 5 N–H and O–H groups in total. The average Bonchev–Trinajstić information content (AvgIpc) is 3.01. The van der Waals surface area contributed by atoms with Crippen LogP contribution in [0.5, 0.6) is 17.5 Å². The number of nitrogens with one attached hydrogen (secondary N) is 1. The van der Waals surface area contributed by atoms with Crippen LogP contribution < -0.4 is 10.1 Å². The summed E-state index contributed by atoms with van der Waals surface area (Å²) in [6.07, 6.45) is 0. The highest BCUT2D eigenvalue weighted by atomic mass is 35.5. The van der Waals surface area contributed by atoms with Crippen molar-refractivity contribution in [1.82, 2.24) is 15.0 Å². The maximum Gasteiger partial charge on any atom is 0.322 e. The van der Waals surface area contributed by atoms with E-state index in [0.29, 0.717) is 12.7 Å². The first-order valence-corrected chi connectivity index (χ1v) is 16.8. The zero-order chi connectivity index (χ0) is 35.7. The minimum absolute atomic E-state index is 0.0203. The quantitative estimate of drug-likeness (QED) is 0.0361. The molecular weight excluding hydrogens is 714 g/mol. The zero-order valence-electron chi connectivity index (χ0n) is 24.7. The maximum atomic E-state index is 12.4. The van der Waals surface area contributed by atoms with Gasteiger partial charge >= 0.3 is 6.01 Å². The van der Waals surface area contributed by atoms with Crippen LogP contribution in [0.3, 0.4) is 0 Å². The van der Waals surface area contributed by atoms with Gasteiger partial charge in [-0.15, -0.1) is 10.2 Å². The number of azo groups is 1. The predicted octanol–water partition coefficient (Wildman–Crippen LogP) is 5.22. The minimum atomic E-state index is -5.10. The number of hydrogen-bond donors (Lipinski definition) is 5. The molecule has 0 fully saturated rings. The number of benzene rings is 4. The molecule has 49 heavy (non-hydrogen) atoms. The molecule has 0 aliphatic heterocycles. The van der Waals surface area contributed by atoms with Gasteiger partial charge in [0.25, 0.3) is 25.9 Å². The van der Waals surface area contributed by atoms with Gasteiger partial charge < -0.3 is 25.0 Å². The second-order valence-corrected chi connectivity index (χ2v) is 12.9. The Bertz CT molecular complexity index is 2390. The second-order valence-electron chi connectivity index (χ2n) is 9.77. The molecule has 256 valence electrons. The Balaban J connectivity index is 1.57. The summed E-state index contributed by atoms with van der Waals surface area (Å²) in [4.78, 5) is 20.6. The van der Waals surface area contributed by atoms with E-state index in [9.17, 15) is 46.3 Å². The Morgan fingerprint density at radius 2 is 1.57 bits per heavy atom. The molecule has 22 heteroatoms. The number of anilines is 2. The number of halogens is 1. The summed E-state index contributed by atoms with van der Waals surface area (Å²) in [6.45, 7) is 2.71. The zero-order valence-corrected chi connectivity index (χ0v) is 27.1. The number of aromatic nitrogens is 3. The van der Waals surface area contributed by atoms with E-state index in [4.69, 9.17) is 21.1 Å². The number of nitro benzene ring substituents is 1. The van der Waals surface area contributed by atoms with Crippen LogP contribution in [0, 0.1) is 10.1 Å². The Morgan fingerprint density at radius 1 is 0.878 bits per heavy atom. The molecule has 0 aliphatic carbocycles.